The molecule has 2 amide bonds. The maximum absolute atomic E-state index is 11.9. The minimum absolute atomic E-state index is 0. The van der Waals surface area contributed by atoms with E-state index in [1.807, 2.05) is 20.8 Å². The Labute approximate surface area is 229 Å². The van der Waals surface area contributed by atoms with Crippen LogP contribution in [0, 0.1) is 12.8 Å². The van der Waals surface area contributed by atoms with E-state index in [4.69, 9.17) is 14.0 Å². The number of alkyl carbamates (subject to hydrolysis) is 1. The van der Waals surface area contributed by atoms with Crippen molar-refractivity contribution in [2.24, 2.45) is 5.92 Å². The van der Waals surface area contributed by atoms with Crippen molar-refractivity contribution in [3.63, 3.8) is 0 Å². The average Bonchev–Trinajstić information content (AvgIpc) is 2.77. The van der Waals surface area contributed by atoms with Gasteiger partial charge < -0.3 is 41.2 Å². The smallest absolute Gasteiger partial charge is 0.407 e. The van der Waals surface area contributed by atoms with Crippen LogP contribution in [0.5, 0.6) is 0 Å². The summed E-state index contributed by atoms with van der Waals surface area (Å²) in [6, 6.07) is 0. The van der Waals surface area contributed by atoms with Crippen molar-refractivity contribution < 1.29 is 63.9 Å². The van der Waals surface area contributed by atoms with E-state index in [1.54, 1.807) is 0 Å². The van der Waals surface area contributed by atoms with E-state index in [0.717, 1.165) is 0 Å². The zero-order chi connectivity index (χ0) is 26.9. The molecule has 0 fully saturated rings. The van der Waals surface area contributed by atoms with E-state index in [0.29, 0.717) is 26.1 Å². The molecule has 0 bridgehead atoms. The van der Waals surface area contributed by atoms with Crippen LogP contribution in [0.25, 0.3) is 0 Å². The maximum Gasteiger partial charge on any atom is 0.407 e. The molecular formula is C23H42N2O9PW-. The summed E-state index contributed by atoms with van der Waals surface area (Å²) in [5, 5.41) is 4.36. The predicted molar refractivity (Wildman–Crippen MR) is 134 cm³/mol. The van der Waals surface area contributed by atoms with Crippen LogP contribution in [0.1, 0.15) is 46.5 Å². The number of carbonyl (C=O) groups excluding carboxylic acids is 4. The minimum Gasteiger partial charge on any atom is -0.452 e. The molecule has 2 unspecified atom stereocenters. The summed E-state index contributed by atoms with van der Waals surface area (Å²) in [5.41, 5.74) is 0. The number of ketones is 2. The van der Waals surface area contributed by atoms with Gasteiger partial charge in [-0.25, -0.2) is 4.79 Å². The van der Waals surface area contributed by atoms with Gasteiger partial charge in [0.1, 0.15) is 13.9 Å². The topological polar surface area (TPSA) is 149 Å². The van der Waals surface area contributed by atoms with Gasteiger partial charge in [-0.05, 0) is 12.8 Å². The molecule has 0 spiro atoms. The molecule has 2 atom stereocenters. The second-order valence-corrected chi connectivity index (χ2v) is 12.1. The zero-order valence-electron chi connectivity index (χ0n) is 21.8. The van der Waals surface area contributed by atoms with Crippen molar-refractivity contribution in [1.29, 1.82) is 0 Å². The first-order valence-corrected chi connectivity index (χ1v) is 13.3. The van der Waals surface area contributed by atoms with E-state index < -0.39 is 24.5 Å². The molecule has 0 aliphatic rings. The second kappa shape index (κ2) is 19.9. The van der Waals surface area contributed by atoms with Crippen LogP contribution >= 0.6 is 7.34 Å². The fourth-order valence-corrected chi connectivity index (χ4v) is 3.13. The summed E-state index contributed by atoms with van der Waals surface area (Å²) in [5.74, 6) is -1.00. The van der Waals surface area contributed by atoms with Gasteiger partial charge in [0.05, 0.1) is 19.7 Å². The van der Waals surface area contributed by atoms with Gasteiger partial charge in [0.15, 0.2) is 11.6 Å². The molecule has 0 rings (SSSR count). The number of carbonyl (C=O) groups is 4. The Hall–Kier alpha value is -1.09. The summed E-state index contributed by atoms with van der Waals surface area (Å²) in [6.45, 7) is 9.83. The van der Waals surface area contributed by atoms with Crippen molar-refractivity contribution in [3.8, 4) is 0 Å². The molecule has 0 aliphatic heterocycles. The number of nitrogens with one attached hydrogen (secondary N) is 2. The summed E-state index contributed by atoms with van der Waals surface area (Å²) in [6.07, 6.45) is 4.53. The standard InChI is InChI=1S/C23H42N2O9P.W/c1-18(16-34-35(6,30)23(2,3)4)15-33-22(29)25-14-20(27)10-8-12-32-11-7-9-19(26)13-24-21(28)17-31-5;/h18,30H,1,6-17H2,2-5H3,(H,24,28)(H,25,29);/q-1;. The first kappa shape index (κ1) is 37.1. The number of ether oxygens (including phenoxy) is 3. The summed E-state index contributed by atoms with van der Waals surface area (Å²) < 4.78 is 20.6. The largest absolute Gasteiger partial charge is 0.452 e. The molecule has 11 nitrogen and oxygen atoms in total. The van der Waals surface area contributed by atoms with Crippen molar-refractivity contribution in [3.05, 3.63) is 6.92 Å². The number of methoxy groups -OCH3 is 1. The number of hydrogen-bond donors (Lipinski definition) is 3. The Morgan fingerprint density at radius 1 is 1.00 bits per heavy atom. The number of Topliss-reactive ketones (excluding diaryl/α,β-unsaturated/α-hetero) is 2. The van der Waals surface area contributed by atoms with Gasteiger partial charge in [-0.2, -0.15) is 0 Å². The summed E-state index contributed by atoms with van der Waals surface area (Å²) >= 11 is 0. The normalized spacial score (nSPS) is 13.6. The van der Waals surface area contributed by atoms with E-state index in [-0.39, 0.29) is 84.3 Å². The molecule has 0 aromatic heterocycles. The monoisotopic (exact) mass is 705 g/mol. The van der Waals surface area contributed by atoms with Crippen molar-refractivity contribution in [2.75, 3.05) is 53.2 Å². The van der Waals surface area contributed by atoms with Crippen LogP contribution in [0.2, 0.25) is 0 Å². The second-order valence-electron chi connectivity index (χ2n) is 9.09. The minimum atomic E-state index is -2.82. The molecule has 3 N–H and O–H groups in total. The number of amides is 2. The van der Waals surface area contributed by atoms with Crippen LogP contribution in [0.15, 0.2) is 0 Å². The fraction of sp³-hybridized carbons (Fsp3) is 0.739. The van der Waals surface area contributed by atoms with E-state index >= 15 is 0 Å². The fourth-order valence-electron chi connectivity index (χ4n) is 2.29. The Balaban J connectivity index is 0. The third-order valence-electron chi connectivity index (χ3n) is 4.70. The first-order chi connectivity index (χ1) is 16.3. The quantitative estimate of drug-likeness (QED) is 0.104. The van der Waals surface area contributed by atoms with E-state index in [1.165, 1.54) is 7.11 Å². The molecule has 36 heavy (non-hydrogen) atoms. The third kappa shape index (κ3) is 19.1. The molecule has 210 valence electrons. The summed E-state index contributed by atoms with van der Waals surface area (Å²) in [4.78, 5) is 56.7. The van der Waals surface area contributed by atoms with E-state index in [2.05, 4.69) is 28.6 Å². The molecule has 13 heteroatoms. The van der Waals surface area contributed by atoms with Gasteiger partial charge in [-0.15, -0.1) is 5.92 Å². The van der Waals surface area contributed by atoms with Crippen molar-refractivity contribution in [2.45, 2.75) is 51.6 Å². The molecular weight excluding hydrogens is 663 g/mol. The number of rotatable bonds is 19. The Kier molecular flexibility index (Phi) is 20.5. The van der Waals surface area contributed by atoms with Crippen LogP contribution in [0.4, 0.5) is 4.79 Å². The number of hydrogen-bond acceptors (Lipinski definition) is 9. The average molecular weight is 705 g/mol. The molecule has 0 aromatic carbocycles. The molecule has 0 heterocycles. The van der Waals surface area contributed by atoms with E-state index in [9.17, 15) is 24.1 Å². The van der Waals surface area contributed by atoms with Gasteiger partial charge in [0.2, 0.25) is 5.91 Å². The van der Waals surface area contributed by atoms with Crippen LogP contribution in [0.3, 0.4) is 0 Å². The molecule has 0 aromatic rings. The van der Waals surface area contributed by atoms with Crippen LogP contribution in [-0.4, -0.2) is 93.1 Å². The molecule has 0 radical (unpaired) electrons. The van der Waals surface area contributed by atoms with Crippen molar-refractivity contribution in [1.82, 2.24) is 10.6 Å². The molecule has 0 saturated heterocycles. The van der Waals surface area contributed by atoms with Gasteiger partial charge in [0.25, 0.3) is 0 Å². The molecule has 0 aliphatic carbocycles. The third-order valence-corrected chi connectivity index (χ3v) is 7.37. The molecule has 0 saturated carbocycles. The Morgan fingerprint density at radius 3 is 2.03 bits per heavy atom. The van der Waals surface area contributed by atoms with Crippen molar-refractivity contribution >= 4 is 37.2 Å². The maximum atomic E-state index is 11.9. The SMILES string of the molecule is C=P(O)(OCC([CH2-])COC(=O)NCC(=O)CCCOCCCC(=O)CNC(=O)COC)C(C)(C)C.[W]. The summed E-state index contributed by atoms with van der Waals surface area (Å²) in [7, 11) is -1.42. The van der Waals surface area contributed by atoms with Crippen LogP contribution in [-0.2, 0) is 54.2 Å². The van der Waals surface area contributed by atoms with Gasteiger partial charge >= 0.3 is 6.09 Å². The zero-order valence-corrected chi connectivity index (χ0v) is 25.7. The van der Waals surface area contributed by atoms with Gasteiger partial charge in [-0.3, -0.25) is 14.4 Å². The van der Waals surface area contributed by atoms with Gasteiger partial charge in [0, 0.05) is 66.0 Å². The Morgan fingerprint density at radius 2 is 1.53 bits per heavy atom. The Bertz CT molecular complexity index is 729. The van der Waals surface area contributed by atoms with Gasteiger partial charge in [-0.1, -0.05) is 27.1 Å². The first-order valence-electron chi connectivity index (χ1n) is 11.5. The predicted octanol–water partition coefficient (Wildman–Crippen LogP) is 1.73. The van der Waals surface area contributed by atoms with Crippen LogP contribution < -0.4 is 10.6 Å².